The van der Waals surface area contributed by atoms with Gasteiger partial charge < -0.3 is 24.5 Å². The van der Waals surface area contributed by atoms with Crippen molar-refractivity contribution in [1.29, 1.82) is 0 Å². The van der Waals surface area contributed by atoms with Gasteiger partial charge in [0.25, 0.3) is 5.56 Å². The third-order valence-corrected chi connectivity index (χ3v) is 3.35. The molecule has 0 aromatic carbocycles. The Balaban J connectivity index is 2.01. The number of aromatic nitrogens is 2. The number of hydrogen-bond donors (Lipinski definition) is 3. The summed E-state index contributed by atoms with van der Waals surface area (Å²) in [5.74, 6) is 0. The molecule has 3 N–H and O–H groups in total. The van der Waals surface area contributed by atoms with Crippen LogP contribution in [0.1, 0.15) is 12.6 Å². The molecule has 18 heavy (non-hydrogen) atoms. The zero-order chi connectivity index (χ0) is 12.7. The van der Waals surface area contributed by atoms with Gasteiger partial charge in [-0.1, -0.05) is 0 Å². The van der Waals surface area contributed by atoms with E-state index in [0.29, 0.717) is 11.8 Å². The van der Waals surface area contributed by atoms with Crippen molar-refractivity contribution in [1.82, 2.24) is 9.55 Å². The van der Waals surface area contributed by atoms with E-state index in [1.54, 1.807) is 24.5 Å². The fourth-order valence-corrected chi connectivity index (χ4v) is 2.40. The lowest BCUT2D eigenvalue weighted by atomic mass is 10.2. The van der Waals surface area contributed by atoms with Crippen molar-refractivity contribution in [3.63, 3.8) is 0 Å². The van der Waals surface area contributed by atoms with Crippen LogP contribution < -0.4 is 5.56 Å². The summed E-state index contributed by atoms with van der Waals surface area (Å²) in [4.78, 5) is 14.2. The van der Waals surface area contributed by atoms with Crippen molar-refractivity contribution in [2.45, 2.75) is 24.9 Å². The van der Waals surface area contributed by atoms with E-state index in [0.717, 1.165) is 5.52 Å². The van der Waals surface area contributed by atoms with E-state index >= 15 is 0 Å². The second-order valence-corrected chi connectivity index (χ2v) is 4.44. The molecule has 0 amide bonds. The highest BCUT2D eigenvalue weighted by Gasteiger charge is 2.34. The Hall–Kier alpha value is -1.63. The molecule has 96 valence electrons. The number of nitrogens with one attached hydrogen (secondary N) is 1. The smallest absolute Gasteiger partial charge is 0.257 e. The molecule has 3 rings (SSSR count). The molecule has 3 heterocycles. The Morgan fingerprint density at radius 3 is 3.06 bits per heavy atom. The standard InChI is InChI=1S/C12H14N2O4/c15-6-10-9(16)5-11(18-10)14-4-2-7-8(14)1-3-13-12(7)17/h1-4,9-11,15-16H,5-6H2,(H,13,17)/t9-,10+,11+/m1/s1. The maximum Gasteiger partial charge on any atom is 0.257 e. The molecule has 2 aromatic rings. The predicted octanol–water partition coefficient (Wildman–Crippen LogP) is -0.0297. The molecule has 0 bridgehead atoms. The normalized spacial score (nSPS) is 28.0. The largest absolute Gasteiger partial charge is 0.394 e. The first-order valence-electron chi connectivity index (χ1n) is 5.83. The molecule has 2 aromatic heterocycles. The van der Waals surface area contributed by atoms with Gasteiger partial charge in [0.15, 0.2) is 0 Å². The van der Waals surface area contributed by atoms with Gasteiger partial charge in [0, 0.05) is 18.8 Å². The summed E-state index contributed by atoms with van der Waals surface area (Å²) in [5.41, 5.74) is 0.609. The molecule has 0 unspecified atom stereocenters. The van der Waals surface area contributed by atoms with Crippen molar-refractivity contribution in [3.05, 3.63) is 34.9 Å². The SMILES string of the molecule is O=c1[nH]ccc2c1ccn2[C@@H]1C[C@@H](O)[C@H](CO)O1. The number of aromatic amines is 1. The summed E-state index contributed by atoms with van der Waals surface area (Å²) in [6, 6.07) is 3.51. The fourth-order valence-electron chi connectivity index (χ4n) is 2.40. The van der Waals surface area contributed by atoms with Crippen LogP contribution in [-0.2, 0) is 4.74 Å². The van der Waals surface area contributed by atoms with Crippen molar-refractivity contribution < 1.29 is 14.9 Å². The lowest BCUT2D eigenvalue weighted by Gasteiger charge is -2.14. The average molecular weight is 250 g/mol. The molecule has 1 saturated heterocycles. The maximum absolute atomic E-state index is 11.6. The maximum atomic E-state index is 11.6. The fraction of sp³-hybridized carbons (Fsp3) is 0.417. The number of nitrogens with zero attached hydrogens (tertiary/aromatic N) is 1. The van der Waals surface area contributed by atoms with Gasteiger partial charge in [0.2, 0.25) is 0 Å². The highest BCUT2D eigenvalue weighted by molar-refractivity contribution is 5.78. The van der Waals surface area contributed by atoms with Gasteiger partial charge in [0.1, 0.15) is 12.3 Å². The van der Waals surface area contributed by atoms with Gasteiger partial charge in [-0.3, -0.25) is 4.79 Å². The minimum Gasteiger partial charge on any atom is -0.394 e. The van der Waals surface area contributed by atoms with Crippen LogP contribution in [0, 0.1) is 0 Å². The van der Waals surface area contributed by atoms with E-state index in [1.807, 2.05) is 4.57 Å². The number of fused-ring (bicyclic) bond motifs is 1. The molecular formula is C12H14N2O4. The van der Waals surface area contributed by atoms with Crippen molar-refractivity contribution >= 4 is 10.9 Å². The van der Waals surface area contributed by atoms with Gasteiger partial charge >= 0.3 is 0 Å². The molecule has 1 fully saturated rings. The Morgan fingerprint density at radius 1 is 1.50 bits per heavy atom. The highest BCUT2D eigenvalue weighted by Crippen LogP contribution is 2.30. The highest BCUT2D eigenvalue weighted by atomic mass is 16.5. The molecular weight excluding hydrogens is 236 g/mol. The first-order valence-corrected chi connectivity index (χ1v) is 5.83. The molecule has 0 spiro atoms. The van der Waals surface area contributed by atoms with Gasteiger partial charge in [-0.15, -0.1) is 0 Å². The van der Waals surface area contributed by atoms with Gasteiger partial charge in [-0.05, 0) is 12.1 Å². The third-order valence-electron chi connectivity index (χ3n) is 3.35. The Kier molecular flexibility index (Phi) is 2.70. The second kappa shape index (κ2) is 4.24. The summed E-state index contributed by atoms with van der Waals surface area (Å²) in [6.07, 6.45) is 2.15. The summed E-state index contributed by atoms with van der Waals surface area (Å²) in [5, 5.41) is 19.4. The lowest BCUT2D eigenvalue weighted by Crippen LogP contribution is -2.24. The summed E-state index contributed by atoms with van der Waals surface area (Å²) >= 11 is 0. The molecule has 6 heteroatoms. The first kappa shape index (κ1) is 11.5. The zero-order valence-electron chi connectivity index (χ0n) is 9.61. The van der Waals surface area contributed by atoms with Crippen molar-refractivity contribution in [2.24, 2.45) is 0 Å². The first-order chi connectivity index (χ1) is 8.70. The number of pyridine rings is 1. The van der Waals surface area contributed by atoms with E-state index in [4.69, 9.17) is 9.84 Å². The molecule has 1 aliphatic heterocycles. The van der Waals surface area contributed by atoms with Crippen molar-refractivity contribution in [2.75, 3.05) is 6.61 Å². The summed E-state index contributed by atoms with van der Waals surface area (Å²) < 4.78 is 7.37. The Morgan fingerprint density at radius 2 is 2.33 bits per heavy atom. The second-order valence-electron chi connectivity index (χ2n) is 4.44. The van der Waals surface area contributed by atoms with Crippen LogP contribution in [0.2, 0.25) is 0 Å². The van der Waals surface area contributed by atoms with Crippen LogP contribution in [0.3, 0.4) is 0 Å². The summed E-state index contributed by atoms with van der Waals surface area (Å²) in [6.45, 7) is -0.211. The quantitative estimate of drug-likeness (QED) is 0.698. The number of hydrogen-bond acceptors (Lipinski definition) is 4. The van der Waals surface area contributed by atoms with E-state index < -0.39 is 12.2 Å². The molecule has 0 saturated carbocycles. The van der Waals surface area contributed by atoms with Crippen LogP contribution in [0.25, 0.3) is 10.9 Å². The van der Waals surface area contributed by atoms with Crippen molar-refractivity contribution in [3.8, 4) is 0 Å². The molecule has 6 nitrogen and oxygen atoms in total. The number of aliphatic hydroxyl groups is 2. The number of H-pyrrole nitrogens is 1. The van der Waals surface area contributed by atoms with Crippen LogP contribution in [-0.4, -0.2) is 38.6 Å². The van der Waals surface area contributed by atoms with Crippen LogP contribution in [0.15, 0.2) is 29.3 Å². The monoisotopic (exact) mass is 250 g/mol. The third kappa shape index (κ3) is 1.66. The van der Waals surface area contributed by atoms with Gasteiger partial charge in [-0.2, -0.15) is 0 Å². The average Bonchev–Trinajstić information content (AvgIpc) is 2.93. The van der Waals surface area contributed by atoms with E-state index in [9.17, 15) is 9.90 Å². The van der Waals surface area contributed by atoms with Crippen LogP contribution in [0.4, 0.5) is 0 Å². The van der Waals surface area contributed by atoms with E-state index in [-0.39, 0.29) is 18.4 Å². The Labute approximate surface area is 102 Å². The minimum absolute atomic E-state index is 0.150. The summed E-state index contributed by atoms with van der Waals surface area (Å²) in [7, 11) is 0. The van der Waals surface area contributed by atoms with Crippen LogP contribution >= 0.6 is 0 Å². The lowest BCUT2D eigenvalue weighted by molar-refractivity contribution is -0.0429. The molecule has 0 radical (unpaired) electrons. The van der Waals surface area contributed by atoms with E-state index in [1.165, 1.54) is 0 Å². The predicted molar refractivity (Wildman–Crippen MR) is 64.2 cm³/mol. The molecule has 3 atom stereocenters. The van der Waals surface area contributed by atoms with E-state index in [2.05, 4.69) is 4.98 Å². The number of aliphatic hydroxyl groups excluding tert-OH is 2. The minimum atomic E-state index is -0.681. The molecule has 1 aliphatic rings. The number of rotatable bonds is 2. The van der Waals surface area contributed by atoms with Gasteiger partial charge in [0.05, 0.1) is 23.6 Å². The molecule has 0 aliphatic carbocycles. The Bertz CT molecular complexity index is 618. The topological polar surface area (TPSA) is 87.5 Å². The zero-order valence-corrected chi connectivity index (χ0v) is 9.61. The number of ether oxygens (including phenoxy) is 1. The van der Waals surface area contributed by atoms with Crippen LogP contribution in [0.5, 0.6) is 0 Å². The van der Waals surface area contributed by atoms with Gasteiger partial charge in [-0.25, -0.2) is 0 Å².